The second-order valence-electron chi connectivity index (χ2n) is 5.95. The standard InChI is InChI=1S/C20H18O4/c1-13(18(21)23-3)17(14-9-5-4-6-10-14)20(2)15-11-7-8-12-16(15)24-19(20)22/h4-12,17H,1H2,2-3H3/t17-,20-/m0/s1. The number of carbonyl (C=O) groups excluding carboxylic acids is 2. The first-order valence-electron chi connectivity index (χ1n) is 7.64. The van der Waals surface area contributed by atoms with Crippen molar-refractivity contribution in [3.8, 4) is 5.75 Å². The van der Waals surface area contributed by atoms with E-state index in [0.29, 0.717) is 5.75 Å². The largest absolute Gasteiger partial charge is 0.466 e. The normalized spacial score (nSPS) is 20.0. The van der Waals surface area contributed by atoms with Crippen LogP contribution in [-0.4, -0.2) is 19.0 Å². The van der Waals surface area contributed by atoms with Gasteiger partial charge in [0.15, 0.2) is 0 Å². The molecule has 2 aromatic rings. The Kier molecular flexibility index (Phi) is 3.97. The molecule has 4 heteroatoms. The van der Waals surface area contributed by atoms with E-state index in [0.717, 1.165) is 11.1 Å². The Morgan fingerprint density at radius 1 is 1.12 bits per heavy atom. The highest BCUT2D eigenvalue weighted by atomic mass is 16.5. The van der Waals surface area contributed by atoms with Crippen molar-refractivity contribution in [2.75, 3.05) is 7.11 Å². The molecule has 0 spiro atoms. The van der Waals surface area contributed by atoms with Gasteiger partial charge in [-0.2, -0.15) is 0 Å². The lowest BCUT2D eigenvalue weighted by atomic mass is 9.67. The highest BCUT2D eigenvalue weighted by molar-refractivity contribution is 5.97. The van der Waals surface area contributed by atoms with Crippen molar-refractivity contribution in [2.24, 2.45) is 0 Å². The van der Waals surface area contributed by atoms with E-state index in [1.165, 1.54) is 7.11 Å². The summed E-state index contributed by atoms with van der Waals surface area (Å²) < 4.78 is 10.3. The summed E-state index contributed by atoms with van der Waals surface area (Å²) in [5.74, 6) is -1.00. The van der Waals surface area contributed by atoms with Gasteiger partial charge >= 0.3 is 11.9 Å². The smallest absolute Gasteiger partial charge is 0.333 e. The van der Waals surface area contributed by atoms with Crippen LogP contribution in [0.4, 0.5) is 0 Å². The first-order chi connectivity index (χ1) is 11.5. The molecule has 0 fully saturated rings. The van der Waals surface area contributed by atoms with Gasteiger partial charge in [-0.15, -0.1) is 0 Å². The number of carbonyl (C=O) groups is 2. The molecule has 0 saturated carbocycles. The molecule has 1 aliphatic rings. The molecular formula is C20H18O4. The number of para-hydroxylation sites is 1. The minimum atomic E-state index is -1.05. The molecule has 2 aromatic carbocycles. The molecule has 24 heavy (non-hydrogen) atoms. The first kappa shape index (κ1) is 16.0. The van der Waals surface area contributed by atoms with Crippen molar-refractivity contribution < 1.29 is 19.1 Å². The predicted molar refractivity (Wildman–Crippen MR) is 89.8 cm³/mol. The van der Waals surface area contributed by atoms with Gasteiger partial charge in [-0.05, 0) is 18.6 Å². The van der Waals surface area contributed by atoms with Crippen LogP contribution in [0.25, 0.3) is 0 Å². The van der Waals surface area contributed by atoms with Crippen LogP contribution in [-0.2, 0) is 19.7 Å². The zero-order valence-electron chi connectivity index (χ0n) is 13.6. The number of benzene rings is 2. The van der Waals surface area contributed by atoms with Crippen molar-refractivity contribution in [3.63, 3.8) is 0 Å². The molecule has 1 heterocycles. The molecular weight excluding hydrogens is 304 g/mol. The van der Waals surface area contributed by atoms with E-state index in [2.05, 4.69) is 6.58 Å². The number of hydrogen-bond donors (Lipinski definition) is 0. The Labute approximate surface area is 140 Å². The van der Waals surface area contributed by atoms with Gasteiger partial charge in [0.25, 0.3) is 0 Å². The topological polar surface area (TPSA) is 52.6 Å². The van der Waals surface area contributed by atoms with Crippen LogP contribution < -0.4 is 4.74 Å². The lowest BCUT2D eigenvalue weighted by molar-refractivity contribution is -0.139. The Bertz CT molecular complexity index is 809. The third-order valence-corrected chi connectivity index (χ3v) is 4.58. The SMILES string of the molecule is C=C(C(=O)OC)[C@@H](c1ccccc1)[C@@]1(C)C(=O)Oc2ccccc21. The molecule has 122 valence electrons. The van der Waals surface area contributed by atoms with E-state index in [9.17, 15) is 9.59 Å². The maximum atomic E-state index is 12.8. The average Bonchev–Trinajstić information content (AvgIpc) is 2.87. The zero-order valence-corrected chi connectivity index (χ0v) is 13.6. The quantitative estimate of drug-likeness (QED) is 0.492. The van der Waals surface area contributed by atoms with Gasteiger partial charge in [-0.1, -0.05) is 55.1 Å². The molecule has 0 unspecified atom stereocenters. The summed E-state index contributed by atoms with van der Waals surface area (Å²) in [6.07, 6.45) is 0. The molecule has 0 bridgehead atoms. The minimum Gasteiger partial charge on any atom is -0.466 e. The van der Waals surface area contributed by atoms with Crippen molar-refractivity contribution in [1.29, 1.82) is 0 Å². The summed E-state index contributed by atoms with van der Waals surface area (Å²) in [6, 6.07) is 16.6. The van der Waals surface area contributed by atoms with Crippen LogP contribution in [0.1, 0.15) is 24.0 Å². The highest BCUT2D eigenvalue weighted by Crippen LogP contribution is 2.50. The zero-order chi connectivity index (χ0) is 17.3. The third-order valence-electron chi connectivity index (χ3n) is 4.58. The van der Waals surface area contributed by atoms with Crippen LogP contribution in [0.2, 0.25) is 0 Å². The summed E-state index contributed by atoms with van der Waals surface area (Å²) in [6.45, 7) is 5.70. The van der Waals surface area contributed by atoms with E-state index in [1.807, 2.05) is 48.5 Å². The molecule has 0 aliphatic carbocycles. The van der Waals surface area contributed by atoms with Crippen LogP contribution in [0.5, 0.6) is 5.75 Å². The molecule has 0 aromatic heterocycles. The van der Waals surface area contributed by atoms with Crippen LogP contribution in [0.15, 0.2) is 66.7 Å². The van der Waals surface area contributed by atoms with Gasteiger partial charge in [-0.3, -0.25) is 4.79 Å². The fourth-order valence-corrected chi connectivity index (χ4v) is 3.35. The summed E-state index contributed by atoms with van der Waals surface area (Å²) >= 11 is 0. The van der Waals surface area contributed by atoms with Crippen LogP contribution in [0, 0.1) is 0 Å². The van der Waals surface area contributed by atoms with Gasteiger partial charge in [0.1, 0.15) is 11.2 Å². The lowest BCUT2D eigenvalue weighted by Crippen LogP contribution is -2.39. The van der Waals surface area contributed by atoms with E-state index in [4.69, 9.17) is 9.47 Å². The monoisotopic (exact) mass is 322 g/mol. The fraction of sp³-hybridized carbons (Fsp3) is 0.200. The summed E-state index contributed by atoms with van der Waals surface area (Å²) in [5, 5.41) is 0. The van der Waals surface area contributed by atoms with E-state index in [1.54, 1.807) is 13.0 Å². The van der Waals surface area contributed by atoms with Gasteiger partial charge in [0.05, 0.1) is 7.11 Å². The van der Waals surface area contributed by atoms with Gasteiger partial charge in [-0.25, -0.2) is 4.79 Å². The Hall–Kier alpha value is -2.88. The Morgan fingerprint density at radius 3 is 2.42 bits per heavy atom. The van der Waals surface area contributed by atoms with Crippen molar-refractivity contribution in [1.82, 2.24) is 0 Å². The number of fused-ring (bicyclic) bond motifs is 1. The second-order valence-corrected chi connectivity index (χ2v) is 5.95. The Morgan fingerprint density at radius 2 is 1.75 bits per heavy atom. The van der Waals surface area contributed by atoms with Crippen molar-refractivity contribution in [2.45, 2.75) is 18.3 Å². The third kappa shape index (κ3) is 2.31. The highest BCUT2D eigenvalue weighted by Gasteiger charge is 2.53. The number of methoxy groups -OCH3 is 1. The summed E-state index contributed by atoms with van der Waals surface area (Å²) in [7, 11) is 1.30. The number of rotatable bonds is 4. The molecule has 0 N–H and O–H groups in total. The van der Waals surface area contributed by atoms with E-state index >= 15 is 0 Å². The molecule has 4 nitrogen and oxygen atoms in total. The number of hydrogen-bond acceptors (Lipinski definition) is 4. The number of esters is 2. The van der Waals surface area contributed by atoms with Gasteiger partial charge < -0.3 is 9.47 Å². The minimum absolute atomic E-state index is 0.222. The molecule has 1 aliphatic heterocycles. The van der Waals surface area contributed by atoms with Gasteiger partial charge in [0.2, 0.25) is 0 Å². The fourth-order valence-electron chi connectivity index (χ4n) is 3.35. The second kappa shape index (κ2) is 5.96. The van der Waals surface area contributed by atoms with E-state index in [-0.39, 0.29) is 5.57 Å². The molecule has 3 rings (SSSR count). The molecule has 0 saturated heterocycles. The first-order valence-corrected chi connectivity index (χ1v) is 7.64. The average molecular weight is 322 g/mol. The molecule has 2 atom stereocenters. The Balaban J connectivity index is 2.21. The summed E-state index contributed by atoms with van der Waals surface area (Å²) in [4.78, 5) is 24.9. The van der Waals surface area contributed by atoms with Crippen LogP contribution in [0.3, 0.4) is 0 Å². The molecule has 0 radical (unpaired) electrons. The van der Waals surface area contributed by atoms with Crippen LogP contribution >= 0.6 is 0 Å². The maximum absolute atomic E-state index is 12.8. The summed E-state index contributed by atoms with van der Waals surface area (Å²) in [5.41, 5.74) is 0.723. The molecule has 0 amide bonds. The van der Waals surface area contributed by atoms with Crippen molar-refractivity contribution >= 4 is 11.9 Å². The van der Waals surface area contributed by atoms with E-state index < -0.39 is 23.3 Å². The predicted octanol–water partition coefficient (Wildman–Crippen LogP) is 3.38. The maximum Gasteiger partial charge on any atom is 0.333 e. The van der Waals surface area contributed by atoms with Gasteiger partial charge in [0, 0.05) is 17.1 Å². The van der Waals surface area contributed by atoms with Crippen molar-refractivity contribution in [3.05, 3.63) is 77.9 Å². The lowest BCUT2D eigenvalue weighted by Gasteiger charge is -2.32. The number of ether oxygens (including phenoxy) is 2.